The van der Waals surface area contributed by atoms with Gasteiger partial charge < -0.3 is 15.4 Å². The summed E-state index contributed by atoms with van der Waals surface area (Å²) < 4.78 is 35.2. The number of fused-ring (bicyclic) bond motifs is 3. The van der Waals surface area contributed by atoms with Crippen LogP contribution in [0.5, 0.6) is 5.75 Å². The maximum absolute atomic E-state index is 13.8. The van der Waals surface area contributed by atoms with Crippen molar-refractivity contribution in [2.45, 2.75) is 24.9 Å². The van der Waals surface area contributed by atoms with Gasteiger partial charge in [-0.25, -0.2) is 8.78 Å². The Hall–Kier alpha value is -2.97. The predicted molar refractivity (Wildman–Crippen MR) is 116 cm³/mol. The lowest BCUT2D eigenvalue weighted by molar-refractivity contribution is 0.0924. The first kappa shape index (κ1) is 20.9. The van der Waals surface area contributed by atoms with Crippen molar-refractivity contribution in [1.29, 1.82) is 0 Å². The SMILES string of the molecule is O=C(N[C@@H]1CNCC[C@H]1c1cc(F)cc(F)c1)c1ccc2c(c1)OCCn1ncc(Cl)c1-2. The highest BCUT2D eigenvalue weighted by Gasteiger charge is 2.29. The minimum absolute atomic E-state index is 0.198. The number of benzene rings is 2. The summed E-state index contributed by atoms with van der Waals surface area (Å²) in [6, 6.07) is 8.41. The van der Waals surface area contributed by atoms with E-state index in [0.29, 0.717) is 54.6 Å². The lowest BCUT2D eigenvalue weighted by Gasteiger charge is -2.33. The van der Waals surface area contributed by atoms with E-state index in [1.54, 1.807) is 29.1 Å². The van der Waals surface area contributed by atoms with Crippen LogP contribution in [0.3, 0.4) is 0 Å². The van der Waals surface area contributed by atoms with Crippen molar-refractivity contribution >= 4 is 17.5 Å². The van der Waals surface area contributed by atoms with E-state index >= 15 is 0 Å². The van der Waals surface area contributed by atoms with Crippen molar-refractivity contribution in [3.63, 3.8) is 0 Å². The zero-order chi connectivity index (χ0) is 22.2. The number of carbonyl (C=O) groups excluding carboxylic acids is 1. The fourth-order valence-electron chi connectivity index (χ4n) is 4.47. The second-order valence-electron chi connectivity index (χ2n) is 8.01. The molecule has 0 spiro atoms. The van der Waals surface area contributed by atoms with E-state index in [4.69, 9.17) is 16.3 Å². The fraction of sp³-hybridized carbons (Fsp3) is 0.304. The Labute approximate surface area is 188 Å². The zero-order valence-corrected chi connectivity index (χ0v) is 17.8. The highest BCUT2D eigenvalue weighted by atomic mass is 35.5. The molecule has 6 nitrogen and oxygen atoms in total. The smallest absolute Gasteiger partial charge is 0.251 e. The maximum atomic E-state index is 13.8. The third-order valence-corrected chi connectivity index (χ3v) is 6.24. The van der Waals surface area contributed by atoms with Gasteiger partial charge in [-0.3, -0.25) is 9.48 Å². The van der Waals surface area contributed by atoms with Crippen LogP contribution in [-0.2, 0) is 6.54 Å². The van der Waals surface area contributed by atoms with Crippen LogP contribution in [0.2, 0.25) is 5.02 Å². The average molecular weight is 459 g/mol. The van der Waals surface area contributed by atoms with Crippen molar-refractivity contribution in [3.05, 3.63) is 70.4 Å². The van der Waals surface area contributed by atoms with E-state index in [1.807, 2.05) is 0 Å². The number of hydrogen-bond donors (Lipinski definition) is 2. The number of aromatic nitrogens is 2. The third kappa shape index (κ3) is 3.96. The number of carbonyl (C=O) groups is 1. The van der Waals surface area contributed by atoms with E-state index in [9.17, 15) is 13.6 Å². The van der Waals surface area contributed by atoms with Crippen molar-refractivity contribution < 1.29 is 18.3 Å². The minimum Gasteiger partial charge on any atom is -0.491 e. The van der Waals surface area contributed by atoms with Gasteiger partial charge in [0, 0.05) is 35.7 Å². The molecule has 32 heavy (non-hydrogen) atoms. The number of amides is 1. The predicted octanol–water partition coefficient (Wildman–Crippen LogP) is 3.75. The monoisotopic (exact) mass is 458 g/mol. The highest BCUT2D eigenvalue weighted by Crippen LogP contribution is 2.37. The van der Waals surface area contributed by atoms with Crippen LogP contribution in [0.1, 0.15) is 28.3 Å². The number of piperidine rings is 1. The number of nitrogens with one attached hydrogen (secondary N) is 2. The third-order valence-electron chi connectivity index (χ3n) is 5.97. The molecule has 0 aliphatic carbocycles. The molecule has 0 radical (unpaired) electrons. The van der Waals surface area contributed by atoms with Crippen LogP contribution in [-0.4, -0.2) is 41.4 Å². The average Bonchev–Trinajstić information content (AvgIpc) is 3.02. The largest absolute Gasteiger partial charge is 0.491 e. The minimum atomic E-state index is -0.621. The van der Waals surface area contributed by atoms with Crippen molar-refractivity contribution in [3.8, 4) is 17.0 Å². The summed E-state index contributed by atoms with van der Waals surface area (Å²) in [5.41, 5.74) is 2.51. The van der Waals surface area contributed by atoms with E-state index in [0.717, 1.165) is 17.3 Å². The summed E-state index contributed by atoms with van der Waals surface area (Å²) in [5.74, 6) is -1.16. The molecule has 1 saturated heterocycles. The summed E-state index contributed by atoms with van der Waals surface area (Å²) >= 11 is 6.31. The normalized spacial score (nSPS) is 20.0. The molecule has 0 saturated carbocycles. The standard InChI is InChI=1S/C23H21ClF2N4O2/c24-19-11-28-30-5-6-32-21-9-13(1-2-18(21)22(19)30)23(31)29-20-12-27-4-3-17(20)14-7-15(25)10-16(26)8-14/h1-2,7-11,17,20,27H,3-6,12H2,(H,29,31)/t17-,20+/m0/s1. The number of rotatable bonds is 3. The van der Waals surface area contributed by atoms with Crippen molar-refractivity contribution in [1.82, 2.24) is 20.4 Å². The summed E-state index contributed by atoms with van der Waals surface area (Å²) in [5, 5.41) is 11.1. The lowest BCUT2D eigenvalue weighted by atomic mass is 9.85. The topological polar surface area (TPSA) is 68.2 Å². The lowest BCUT2D eigenvalue weighted by Crippen LogP contribution is -2.50. The van der Waals surface area contributed by atoms with E-state index in [-0.39, 0.29) is 17.9 Å². The van der Waals surface area contributed by atoms with Gasteiger partial charge in [0.05, 0.1) is 23.5 Å². The van der Waals surface area contributed by atoms with Crippen molar-refractivity contribution in [2.75, 3.05) is 19.7 Å². The molecule has 0 unspecified atom stereocenters. The quantitative estimate of drug-likeness (QED) is 0.627. The van der Waals surface area contributed by atoms with Gasteiger partial charge in [-0.1, -0.05) is 11.6 Å². The van der Waals surface area contributed by atoms with E-state index < -0.39 is 11.6 Å². The van der Waals surface area contributed by atoms with E-state index in [1.165, 1.54) is 12.1 Å². The molecule has 2 atom stereocenters. The molecular weight excluding hydrogens is 438 g/mol. The van der Waals surface area contributed by atoms with Crippen LogP contribution < -0.4 is 15.4 Å². The zero-order valence-electron chi connectivity index (χ0n) is 17.1. The van der Waals surface area contributed by atoms with Crippen LogP contribution in [0.15, 0.2) is 42.6 Å². The van der Waals surface area contributed by atoms with Gasteiger partial charge in [-0.15, -0.1) is 0 Å². The van der Waals surface area contributed by atoms with Gasteiger partial charge in [0.2, 0.25) is 0 Å². The summed E-state index contributed by atoms with van der Waals surface area (Å²) in [6.07, 6.45) is 2.25. The van der Waals surface area contributed by atoms with E-state index in [2.05, 4.69) is 15.7 Å². The Morgan fingerprint density at radius 3 is 2.84 bits per heavy atom. The van der Waals surface area contributed by atoms with Gasteiger partial charge >= 0.3 is 0 Å². The highest BCUT2D eigenvalue weighted by molar-refractivity contribution is 6.33. The first-order valence-corrected chi connectivity index (χ1v) is 10.8. The Morgan fingerprint density at radius 1 is 1.22 bits per heavy atom. The van der Waals surface area contributed by atoms with Gasteiger partial charge in [0.25, 0.3) is 5.91 Å². The molecule has 1 aromatic heterocycles. The van der Waals surface area contributed by atoms with Crippen LogP contribution in [0.25, 0.3) is 11.3 Å². The number of ether oxygens (including phenoxy) is 1. The number of nitrogens with zero attached hydrogens (tertiary/aromatic N) is 2. The number of halogens is 3. The molecule has 2 aliphatic rings. The Morgan fingerprint density at radius 2 is 2.03 bits per heavy atom. The molecule has 2 aromatic carbocycles. The van der Waals surface area contributed by atoms with Gasteiger partial charge in [-0.05, 0) is 48.9 Å². The molecule has 3 aromatic rings. The Kier molecular flexibility index (Phi) is 5.57. The summed E-state index contributed by atoms with van der Waals surface area (Å²) in [4.78, 5) is 13.1. The molecular formula is C23H21ClF2N4O2. The molecule has 1 fully saturated rings. The van der Waals surface area contributed by atoms with Gasteiger partial charge in [0.15, 0.2) is 0 Å². The fourth-order valence-corrected chi connectivity index (χ4v) is 4.71. The Bertz CT molecular complexity index is 1160. The maximum Gasteiger partial charge on any atom is 0.251 e. The molecule has 2 aliphatic heterocycles. The molecule has 0 bridgehead atoms. The molecule has 9 heteroatoms. The molecule has 1 amide bonds. The summed E-state index contributed by atoms with van der Waals surface area (Å²) in [7, 11) is 0. The number of hydrogen-bond acceptors (Lipinski definition) is 4. The van der Waals surface area contributed by atoms with Crippen LogP contribution in [0, 0.1) is 11.6 Å². The van der Waals surface area contributed by atoms with Gasteiger partial charge in [0.1, 0.15) is 24.0 Å². The molecule has 2 N–H and O–H groups in total. The molecule has 166 valence electrons. The van der Waals surface area contributed by atoms with Crippen LogP contribution in [0.4, 0.5) is 8.78 Å². The summed E-state index contributed by atoms with van der Waals surface area (Å²) in [6.45, 7) is 2.17. The Balaban J connectivity index is 1.40. The first-order valence-electron chi connectivity index (χ1n) is 10.5. The molecule has 5 rings (SSSR count). The van der Waals surface area contributed by atoms with Crippen LogP contribution >= 0.6 is 11.6 Å². The second-order valence-corrected chi connectivity index (χ2v) is 8.41. The second kappa shape index (κ2) is 8.52. The first-order chi connectivity index (χ1) is 15.5. The molecule has 3 heterocycles. The van der Waals surface area contributed by atoms with Crippen molar-refractivity contribution in [2.24, 2.45) is 0 Å². The van der Waals surface area contributed by atoms with Gasteiger partial charge in [-0.2, -0.15) is 5.10 Å².